The maximum atomic E-state index is 12.1. The number of hydrogen-bond acceptors (Lipinski definition) is 5. The van der Waals surface area contributed by atoms with Gasteiger partial charge in [-0.25, -0.2) is 4.98 Å². The van der Waals surface area contributed by atoms with E-state index in [9.17, 15) is 4.79 Å². The third-order valence-corrected chi connectivity index (χ3v) is 4.96. The molecule has 0 saturated heterocycles. The highest BCUT2D eigenvalue weighted by molar-refractivity contribution is 9.11. The van der Waals surface area contributed by atoms with Crippen LogP contribution in [0.4, 0.5) is 5.95 Å². The molecule has 0 unspecified atom stereocenters. The molecule has 20 heavy (non-hydrogen) atoms. The van der Waals surface area contributed by atoms with E-state index >= 15 is 0 Å². The van der Waals surface area contributed by atoms with Gasteiger partial charge in [-0.2, -0.15) is 9.97 Å². The zero-order valence-corrected chi connectivity index (χ0v) is 13.2. The van der Waals surface area contributed by atoms with E-state index in [-0.39, 0.29) is 17.0 Å². The van der Waals surface area contributed by atoms with Gasteiger partial charge in [-0.05, 0) is 34.5 Å². The predicted molar refractivity (Wildman–Crippen MR) is 81.4 cm³/mol. The topological polar surface area (TPSA) is 83.6 Å². The smallest absolute Gasteiger partial charge is 0.268 e. The van der Waals surface area contributed by atoms with Crippen LogP contribution in [0.25, 0.3) is 11.2 Å². The average molecular weight is 373 g/mol. The molecule has 3 aromatic heterocycles. The third kappa shape index (κ3) is 2.41. The number of hydrogen-bond donors (Lipinski definition) is 2. The molecule has 0 atom stereocenters. The summed E-state index contributed by atoms with van der Waals surface area (Å²) in [6.45, 7) is 1.92. The summed E-state index contributed by atoms with van der Waals surface area (Å²) in [5, 5.41) is 2.83. The first-order chi connectivity index (χ1) is 9.54. The first-order valence-electron chi connectivity index (χ1n) is 5.48. The van der Waals surface area contributed by atoms with E-state index in [2.05, 4.69) is 41.2 Å². The fourth-order valence-corrected chi connectivity index (χ4v) is 3.24. The lowest BCUT2D eigenvalue weighted by Crippen LogP contribution is -2.13. The number of aryl methyl sites for hydroxylation is 1. The minimum Gasteiger partial charge on any atom is -0.341 e. The number of aromatic amines is 1. The second-order valence-corrected chi connectivity index (χ2v) is 6.69. The molecule has 0 bridgehead atoms. The molecule has 0 radical (unpaired) electrons. The summed E-state index contributed by atoms with van der Waals surface area (Å²) in [6.07, 6.45) is 1.47. The molecule has 0 aliphatic heterocycles. The van der Waals surface area contributed by atoms with Crippen LogP contribution in [0.2, 0.25) is 5.15 Å². The zero-order valence-electron chi connectivity index (χ0n) is 10.1. The van der Waals surface area contributed by atoms with Crippen molar-refractivity contribution in [2.75, 3.05) is 5.32 Å². The number of halogens is 2. The van der Waals surface area contributed by atoms with Gasteiger partial charge >= 0.3 is 0 Å². The Hall–Kier alpha value is -1.51. The standard InChI is InChI=1S/C11H7BrClN5OS/c1-4-2-5(20-7(4)12)10(19)18-11-16-8(13)6-9(17-11)15-3-14-6/h2-3H,1H3,(H2,14,15,16,17,18,19). The van der Waals surface area contributed by atoms with E-state index in [0.717, 1.165) is 9.35 Å². The summed E-state index contributed by atoms with van der Waals surface area (Å²) in [7, 11) is 0. The molecule has 0 aliphatic rings. The van der Waals surface area contributed by atoms with Gasteiger partial charge in [0.15, 0.2) is 10.8 Å². The Morgan fingerprint density at radius 3 is 3.00 bits per heavy atom. The molecule has 3 aromatic rings. The van der Waals surface area contributed by atoms with Crippen LogP contribution in [0.1, 0.15) is 15.2 Å². The highest BCUT2D eigenvalue weighted by Crippen LogP contribution is 2.28. The second kappa shape index (κ2) is 5.12. The largest absolute Gasteiger partial charge is 0.341 e. The van der Waals surface area contributed by atoms with Crippen LogP contribution >= 0.6 is 38.9 Å². The molecule has 2 N–H and O–H groups in total. The summed E-state index contributed by atoms with van der Waals surface area (Å²) < 4.78 is 0.921. The van der Waals surface area contributed by atoms with Crippen LogP contribution in [0.5, 0.6) is 0 Å². The molecule has 0 fully saturated rings. The minimum atomic E-state index is -0.283. The van der Waals surface area contributed by atoms with Gasteiger partial charge in [-0.3, -0.25) is 10.1 Å². The number of nitrogens with zero attached hydrogens (tertiary/aromatic N) is 3. The number of carbonyl (C=O) groups is 1. The van der Waals surface area contributed by atoms with Gasteiger partial charge in [0.1, 0.15) is 5.52 Å². The number of amides is 1. The van der Waals surface area contributed by atoms with Crippen LogP contribution < -0.4 is 5.32 Å². The Bertz CT molecular complexity index is 795. The maximum absolute atomic E-state index is 12.1. The van der Waals surface area contributed by atoms with Crippen molar-refractivity contribution in [1.29, 1.82) is 0 Å². The number of fused-ring (bicyclic) bond motifs is 1. The fraction of sp³-hybridized carbons (Fsp3) is 0.0909. The molecule has 0 spiro atoms. The number of imidazole rings is 1. The quantitative estimate of drug-likeness (QED) is 0.675. The highest BCUT2D eigenvalue weighted by atomic mass is 79.9. The van der Waals surface area contributed by atoms with Crippen molar-refractivity contribution in [2.24, 2.45) is 0 Å². The Labute approximate surface area is 130 Å². The van der Waals surface area contributed by atoms with Gasteiger partial charge in [-0.15, -0.1) is 11.3 Å². The average Bonchev–Trinajstić information content (AvgIpc) is 2.97. The highest BCUT2D eigenvalue weighted by Gasteiger charge is 2.14. The molecular weight excluding hydrogens is 366 g/mol. The second-order valence-electron chi connectivity index (χ2n) is 3.96. The molecule has 3 rings (SSSR count). The van der Waals surface area contributed by atoms with Crippen molar-refractivity contribution in [1.82, 2.24) is 19.9 Å². The van der Waals surface area contributed by atoms with Crippen LogP contribution in [-0.4, -0.2) is 25.8 Å². The zero-order chi connectivity index (χ0) is 14.3. The van der Waals surface area contributed by atoms with Crippen LogP contribution in [0.3, 0.4) is 0 Å². The van der Waals surface area contributed by atoms with Gasteiger partial charge < -0.3 is 4.98 Å². The molecule has 0 aliphatic carbocycles. The minimum absolute atomic E-state index is 0.127. The lowest BCUT2D eigenvalue weighted by Gasteiger charge is -2.02. The number of aromatic nitrogens is 4. The SMILES string of the molecule is Cc1cc(C(=O)Nc2nc(Cl)c3[nH]cnc3n2)sc1Br. The molecular formula is C11H7BrClN5OS. The number of H-pyrrole nitrogens is 1. The van der Waals surface area contributed by atoms with E-state index in [0.29, 0.717) is 16.0 Å². The summed E-state index contributed by atoms with van der Waals surface area (Å²) in [5.41, 5.74) is 1.95. The number of rotatable bonds is 2. The van der Waals surface area contributed by atoms with Gasteiger partial charge in [0.25, 0.3) is 5.91 Å². The molecule has 3 heterocycles. The predicted octanol–water partition coefficient (Wildman–Crippen LogP) is 3.39. The van der Waals surface area contributed by atoms with Gasteiger partial charge in [0.2, 0.25) is 5.95 Å². The number of carbonyl (C=O) groups excluding carboxylic acids is 1. The van der Waals surface area contributed by atoms with Crippen molar-refractivity contribution in [3.05, 3.63) is 31.8 Å². The van der Waals surface area contributed by atoms with Crippen molar-refractivity contribution in [2.45, 2.75) is 6.92 Å². The Kier molecular flexibility index (Phi) is 3.45. The van der Waals surface area contributed by atoms with E-state index in [1.54, 1.807) is 6.07 Å². The van der Waals surface area contributed by atoms with Crippen LogP contribution in [-0.2, 0) is 0 Å². The first-order valence-corrected chi connectivity index (χ1v) is 7.47. The number of thiophene rings is 1. The lowest BCUT2D eigenvalue weighted by atomic mass is 10.3. The van der Waals surface area contributed by atoms with E-state index in [1.807, 2.05) is 6.92 Å². The van der Waals surface area contributed by atoms with E-state index in [1.165, 1.54) is 17.7 Å². The number of anilines is 1. The summed E-state index contributed by atoms with van der Waals surface area (Å²) in [5.74, 6) is -0.156. The summed E-state index contributed by atoms with van der Waals surface area (Å²) in [4.78, 5) is 27.6. The lowest BCUT2D eigenvalue weighted by molar-refractivity contribution is 0.102. The summed E-state index contributed by atoms with van der Waals surface area (Å²) in [6, 6.07) is 1.79. The van der Waals surface area contributed by atoms with E-state index < -0.39 is 0 Å². The molecule has 6 nitrogen and oxygen atoms in total. The normalized spacial score (nSPS) is 10.9. The van der Waals surface area contributed by atoms with Crippen LogP contribution in [0.15, 0.2) is 16.2 Å². The van der Waals surface area contributed by atoms with Crippen molar-refractivity contribution < 1.29 is 4.79 Å². The van der Waals surface area contributed by atoms with Gasteiger partial charge in [0.05, 0.1) is 15.0 Å². The molecule has 0 saturated carbocycles. The molecule has 1 amide bonds. The molecule has 102 valence electrons. The van der Waals surface area contributed by atoms with Crippen molar-refractivity contribution in [3.63, 3.8) is 0 Å². The fourth-order valence-electron chi connectivity index (χ4n) is 1.59. The van der Waals surface area contributed by atoms with Crippen molar-refractivity contribution in [3.8, 4) is 0 Å². The Morgan fingerprint density at radius 2 is 2.30 bits per heavy atom. The van der Waals surface area contributed by atoms with E-state index in [4.69, 9.17) is 11.6 Å². The van der Waals surface area contributed by atoms with Crippen molar-refractivity contribution >= 4 is 61.9 Å². The maximum Gasteiger partial charge on any atom is 0.268 e. The van der Waals surface area contributed by atoms with Crippen LogP contribution in [0, 0.1) is 6.92 Å². The molecule has 9 heteroatoms. The Morgan fingerprint density at radius 1 is 1.50 bits per heavy atom. The Balaban J connectivity index is 1.90. The monoisotopic (exact) mass is 371 g/mol. The van der Waals surface area contributed by atoms with Gasteiger partial charge in [-0.1, -0.05) is 11.6 Å². The van der Waals surface area contributed by atoms with Gasteiger partial charge in [0, 0.05) is 0 Å². The third-order valence-electron chi connectivity index (χ3n) is 2.55. The number of nitrogens with one attached hydrogen (secondary N) is 2. The first kappa shape index (κ1) is 13.5. The summed E-state index contributed by atoms with van der Waals surface area (Å²) >= 11 is 10.7. The molecule has 0 aromatic carbocycles.